The molecular weight excluding hydrogens is 384 g/mol. The lowest BCUT2D eigenvalue weighted by Crippen LogP contribution is -2.40. The van der Waals surface area contributed by atoms with Crippen molar-refractivity contribution in [2.75, 3.05) is 19.6 Å². The van der Waals surface area contributed by atoms with Crippen LogP contribution in [0.3, 0.4) is 0 Å². The number of piperidine rings is 1. The minimum Gasteiger partial charge on any atom is -0.465 e. The third-order valence-electron chi connectivity index (χ3n) is 5.94. The van der Waals surface area contributed by atoms with Gasteiger partial charge in [0, 0.05) is 37.8 Å². The van der Waals surface area contributed by atoms with Crippen LogP contribution in [0.4, 0.5) is 9.59 Å². The van der Waals surface area contributed by atoms with Crippen LogP contribution in [0.2, 0.25) is 0 Å². The van der Waals surface area contributed by atoms with Crippen LogP contribution in [0.25, 0.3) is 0 Å². The Morgan fingerprint density at radius 2 is 1.83 bits per heavy atom. The van der Waals surface area contributed by atoms with Gasteiger partial charge in [0.25, 0.3) is 0 Å². The quantitative estimate of drug-likeness (QED) is 0.840. The van der Waals surface area contributed by atoms with Crippen LogP contribution in [0.5, 0.6) is 0 Å². The van der Waals surface area contributed by atoms with Crippen LogP contribution in [0.15, 0.2) is 36.4 Å². The molecule has 2 aliphatic rings. The molecule has 30 heavy (non-hydrogen) atoms. The average molecular weight is 408 g/mol. The van der Waals surface area contributed by atoms with Crippen molar-refractivity contribution >= 4 is 12.2 Å². The number of rotatable bonds is 3. The Morgan fingerprint density at radius 1 is 1.10 bits per heavy atom. The Hall–Kier alpha value is -3.47. The van der Waals surface area contributed by atoms with E-state index in [1.807, 2.05) is 36.4 Å². The minimum absolute atomic E-state index is 0.236. The normalized spacial score (nSPS) is 16.6. The summed E-state index contributed by atoms with van der Waals surface area (Å²) < 4.78 is 7.54. The van der Waals surface area contributed by atoms with Crippen LogP contribution >= 0.6 is 0 Å². The fourth-order valence-electron chi connectivity index (χ4n) is 4.29. The second kappa shape index (κ2) is 8.49. The molecule has 1 aromatic carbocycles. The van der Waals surface area contributed by atoms with E-state index in [2.05, 4.69) is 10.6 Å². The molecule has 1 saturated heterocycles. The number of carboxylic acid groups (broad SMARTS) is 1. The van der Waals surface area contributed by atoms with Crippen LogP contribution in [-0.2, 0) is 24.4 Å². The number of nitriles is 1. The zero-order valence-electron chi connectivity index (χ0n) is 16.7. The van der Waals surface area contributed by atoms with E-state index >= 15 is 0 Å². The van der Waals surface area contributed by atoms with Crippen molar-refractivity contribution in [1.29, 1.82) is 5.26 Å². The van der Waals surface area contributed by atoms with E-state index in [9.17, 15) is 20.0 Å². The molecule has 2 aromatic rings. The number of hydrogen-bond donors (Lipinski definition) is 1. The van der Waals surface area contributed by atoms with Gasteiger partial charge in [-0.2, -0.15) is 5.26 Å². The molecule has 1 fully saturated rings. The number of carbonyl (C=O) groups excluding carboxylic acids is 1. The zero-order valence-corrected chi connectivity index (χ0v) is 16.7. The standard InChI is InChI=1S/C22H24N4O4/c23-13-18-12-19(26-11-10-25(21(27)28)14-20(18)26)17-6-8-24(9-7-17)22(29)30-15-16-4-2-1-3-5-16/h1-5,12,17H,6-11,14-15H2,(H,27,28). The molecule has 0 aliphatic carbocycles. The molecule has 0 bridgehead atoms. The smallest absolute Gasteiger partial charge is 0.410 e. The Bertz CT molecular complexity index is 971. The van der Waals surface area contributed by atoms with Crippen molar-refractivity contribution < 1.29 is 19.4 Å². The molecule has 2 aliphatic heterocycles. The predicted molar refractivity (Wildman–Crippen MR) is 108 cm³/mol. The number of benzene rings is 1. The monoisotopic (exact) mass is 408 g/mol. The van der Waals surface area contributed by atoms with Gasteiger partial charge in [-0.1, -0.05) is 30.3 Å². The lowest BCUT2D eigenvalue weighted by atomic mass is 9.93. The van der Waals surface area contributed by atoms with Crippen LogP contribution in [-0.4, -0.2) is 51.3 Å². The number of likely N-dealkylation sites (tertiary alicyclic amines) is 1. The first-order chi connectivity index (χ1) is 14.6. The Kier molecular flexibility index (Phi) is 5.61. The highest BCUT2D eigenvalue weighted by Gasteiger charge is 2.31. The first-order valence-corrected chi connectivity index (χ1v) is 10.1. The number of carbonyl (C=O) groups is 2. The van der Waals surface area contributed by atoms with E-state index in [1.165, 1.54) is 4.90 Å². The summed E-state index contributed by atoms with van der Waals surface area (Å²) in [7, 11) is 0. The highest BCUT2D eigenvalue weighted by Crippen LogP contribution is 2.33. The molecule has 1 aromatic heterocycles. The lowest BCUT2D eigenvalue weighted by molar-refractivity contribution is 0.0865. The van der Waals surface area contributed by atoms with E-state index in [-0.39, 0.29) is 25.2 Å². The van der Waals surface area contributed by atoms with Gasteiger partial charge in [0.1, 0.15) is 12.7 Å². The van der Waals surface area contributed by atoms with Crippen LogP contribution in [0, 0.1) is 11.3 Å². The summed E-state index contributed by atoms with van der Waals surface area (Å²) in [5.74, 6) is 0.236. The van der Waals surface area contributed by atoms with Gasteiger partial charge in [-0.25, -0.2) is 9.59 Å². The lowest BCUT2D eigenvalue weighted by Gasteiger charge is -2.33. The van der Waals surface area contributed by atoms with Crippen LogP contribution < -0.4 is 0 Å². The van der Waals surface area contributed by atoms with Gasteiger partial charge in [0.2, 0.25) is 0 Å². The van der Waals surface area contributed by atoms with Crippen molar-refractivity contribution in [1.82, 2.24) is 14.4 Å². The number of ether oxygens (including phenoxy) is 1. The Morgan fingerprint density at radius 3 is 2.50 bits per heavy atom. The number of aromatic nitrogens is 1. The molecule has 3 heterocycles. The molecular formula is C22H24N4O4. The van der Waals surface area contributed by atoms with Gasteiger partial charge in [-0.05, 0) is 24.5 Å². The molecule has 0 spiro atoms. The molecule has 0 radical (unpaired) electrons. The number of fused-ring (bicyclic) bond motifs is 1. The van der Waals surface area contributed by atoms with Crippen molar-refractivity contribution in [3.05, 3.63) is 58.9 Å². The van der Waals surface area contributed by atoms with Gasteiger partial charge in [0.05, 0.1) is 17.8 Å². The molecule has 4 rings (SSSR count). The molecule has 156 valence electrons. The molecule has 2 amide bonds. The van der Waals surface area contributed by atoms with E-state index in [0.717, 1.165) is 29.8 Å². The summed E-state index contributed by atoms with van der Waals surface area (Å²) in [5, 5.41) is 18.8. The Balaban J connectivity index is 1.38. The maximum Gasteiger partial charge on any atom is 0.410 e. The summed E-state index contributed by atoms with van der Waals surface area (Å²) in [5.41, 5.74) is 3.34. The van der Waals surface area contributed by atoms with E-state index in [0.29, 0.717) is 31.7 Å². The maximum absolute atomic E-state index is 12.4. The Labute approximate surface area is 174 Å². The predicted octanol–water partition coefficient (Wildman–Crippen LogP) is 3.37. The molecule has 8 heteroatoms. The first-order valence-electron chi connectivity index (χ1n) is 10.1. The fraction of sp³-hybridized carbons (Fsp3) is 0.409. The highest BCUT2D eigenvalue weighted by molar-refractivity contribution is 5.68. The second-order valence-corrected chi connectivity index (χ2v) is 7.70. The average Bonchev–Trinajstić information content (AvgIpc) is 3.16. The largest absolute Gasteiger partial charge is 0.465 e. The fourth-order valence-corrected chi connectivity index (χ4v) is 4.29. The summed E-state index contributed by atoms with van der Waals surface area (Å²) in [6, 6.07) is 13.7. The third kappa shape index (κ3) is 3.96. The zero-order chi connectivity index (χ0) is 21.1. The van der Waals surface area contributed by atoms with E-state index < -0.39 is 6.09 Å². The van der Waals surface area contributed by atoms with E-state index in [1.54, 1.807) is 4.90 Å². The van der Waals surface area contributed by atoms with Crippen molar-refractivity contribution in [3.63, 3.8) is 0 Å². The number of nitrogens with zero attached hydrogens (tertiary/aromatic N) is 4. The maximum atomic E-state index is 12.4. The van der Waals surface area contributed by atoms with E-state index in [4.69, 9.17) is 4.74 Å². The molecule has 0 unspecified atom stereocenters. The van der Waals surface area contributed by atoms with Crippen molar-refractivity contribution in [3.8, 4) is 6.07 Å². The first kappa shape index (κ1) is 19.8. The number of amides is 2. The molecule has 0 atom stereocenters. The van der Waals surface area contributed by atoms with Crippen molar-refractivity contribution in [2.24, 2.45) is 0 Å². The summed E-state index contributed by atoms with van der Waals surface area (Å²) in [6.45, 7) is 2.67. The minimum atomic E-state index is -0.963. The molecule has 8 nitrogen and oxygen atoms in total. The molecule has 1 N–H and O–H groups in total. The summed E-state index contributed by atoms with van der Waals surface area (Å²) in [6.07, 6.45) is 0.314. The summed E-state index contributed by atoms with van der Waals surface area (Å²) >= 11 is 0. The third-order valence-corrected chi connectivity index (χ3v) is 5.94. The van der Waals surface area contributed by atoms with Gasteiger partial charge in [0.15, 0.2) is 0 Å². The van der Waals surface area contributed by atoms with Gasteiger partial charge in [-0.3, -0.25) is 0 Å². The van der Waals surface area contributed by atoms with Gasteiger partial charge in [-0.15, -0.1) is 0 Å². The van der Waals surface area contributed by atoms with Gasteiger partial charge < -0.3 is 24.2 Å². The topological polar surface area (TPSA) is 98.8 Å². The second-order valence-electron chi connectivity index (χ2n) is 7.70. The van der Waals surface area contributed by atoms with Crippen molar-refractivity contribution in [2.45, 2.75) is 38.5 Å². The number of hydrogen-bond acceptors (Lipinski definition) is 4. The molecule has 0 saturated carbocycles. The van der Waals surface area contributed by atoms with Crippen LogP contribution in [0.1, 0.15) is 41.3 Å². The SMILES string of the molecule is N#Cc1cc(C2CCN(C(=O)OCc3ccccc3)CC2)n2c1CN(C(=O)O)CC2. The summed E-state index contributed by atoms with van der Waals surface area (Å²) in [4.78, 5) is 26.8. The van der Waals surface area contributed by atoms with Gasteiger partial charge >= 0.3 is 12.2 Å². The highest BCUT2D eigenvalue weighted by atomic mass is 16.6.